The van der Waals surface area contributed by atoms with E-state index in [1.54, 1.807) is 18.7 Å². The van der Waals surface area contributed by atoms with Crippen molar-refractivity contribution < 1.29 is 18.1 Å². The molecule has 1 saturated carbocycles. The number of carbonyl (C=O) groups is 1. The predicted molar refractivity (Wildman–Crippen MR) is 104 cm³/mol. The molecule has 0 spiro atoms. The van der Waals surface area contributed by atoms with Crippen LogP contribution < -0.4 is 0 Å². The Balaban J connectivity index is 1.40. The third-order valence-corrected chi connectivity index (χ3v) is 5.34. The summed E-state index contributed by atoms with van der Waals surface area (Å²) < 4.78 is 34.9. The monoisotopic (exact) mass is 414 g/mol. The van der Waals surface area contributed by atoms with Crippen molar-refractivity contribution in [2.75, 3.05) is 7.05 Å². The lowest BCUT2D eigenvalue weighted by atomic mass is 9.68. The fourth-order valence-electron chi connectivity index (χ4n) is 3.62. The van der Waals surface area contributed by atoms with Crippen molar-refractivity contribution in [3.8, 4) is 0 Å². The molecule has 30 heavy (non-hydrogen) atoms. The molecule has 2 aromatic heterocycles. The van der Waals surface area contributed by atoms with Gasteiger partial charge in [0.2, 0.25) is 5.89 Å². The van der Waals surface area contributed by atoms with Crippen molar-refractivity contribution in [1.82, 2.24) is 24.6 Å². The SMILES string of the molecule is C=Nc1ncn(C)c1C(=O)N(C)Cc1nc(C2CC(F)(c3ccc(F)cc3)C2)no1. The summed E-state index contributed by atoms with van der Waals surface area (Å²) in [6.07, 6.45) is 1.86. The van der Waals surface area contributed by atoms with E-state index in [1.807, 2.05) is 0 Å². The largest absolute Gasteiger partial charge is 0.337 e. The van der Waals surface area contributed by atoms with Crippen molar-refractivity contribution in [1.29, 1.82) is 0 Å². The Morgan fingerprint density at radius 2 is 2.10 bits per heavy atom. The number of nitrogens with zero attached hydrogens (tertiary/aromatic N) is 6. The van der Waals surface area contributed by atoms with Crippen LogP contribution >= 0.6 is 0 Å². The highest BCUT2D eigenvalue weighted by molar-refractivity contribution is 5.96. The van der Waals surface area contributed by atoms with Crippen molar-refractivity contribution in [2.45, 2.75) is 31.0 Å². The maximum atomic E-state index is 15.0. The Morgan fingerprint density at radius 1 is 1.40 bits per heavy atom. The summed E-state index contributed by atoms with van der Waals surface area (Å²) in [5.74, 6) is -0.0338. The number of carbonyl (C=O) groups excluding carboxylic acids is 1. The molecule has 0 aliphatic heterocycles. The molecule has 1 aliphatic carbocycles. The number of amides is 1. The minimum atomic E-state index is -1.53. The zero-order valence-corrected chi connectivity index (χ0v) is 16.5. The van der Waals surface area contributed by atoms with E-state index in [9.17, 15) is 9.18 Å². The molecule has 0 saturated heterocycles. The molecule has 0 N–H and O–H groups in total. The van der Waals surface area contributed by atoms with E-state index in [2.05, 4.69) is 26.8 Å². The van der Waals surface area contributed by atoms with Crippen molar-refractivity contribution in [3.63, 3.8) is 0 Å². The lowest BCUT2D eigenvalue weighted by Crippen LogP contribution is -2.36. The number of benzene rings is 1. The summed E-state index contributed by atoms with van der Waals surface area (Å²) in [5, 5.41) is 3.94. The van der Waals surface area contributed by atoms with Crippen LogP contribution in [0, 0.1) is 5.82 Å². The molecule has 0 unspecified atom stereocenters. The number of alkyl halides is 1. The number of aryl methyl sites for hydroxylation is 1. The minimum absolute atomic E-state index is 0.0824. The topological polar surface area (TPSA) is 89.4 Å². The Kier molecular flexibility index (Phi) is 4.92. The Bertz CT molecular complexity index is 1090. The zero-order chi connectivity index (χ0) is 21.5. The van der Waals surface area contributed by atoms with Gasteiger partial charge in [-0.05, 0) is 37.3 Å². The second kappa shape index (κ2) is 7.43. The summed E-state index contributed by atoms with van der Waals surface area (Å²) in [7, 11) is 3.28. The number of imidazole rings is 1. The van der Waals surface area contributed by atoms with E-state index in [0.717, 1.165) is 0 Å². The molecule has 2 heterocycles. The van der Waals surface area contributed by atoms with E-state index < -0.39 is 11.5 Å². The van der Waals surface area contributed by atoms with Crippen LogP contribution in [0.1, 0.15) is 46.5 Å². The van der Waals surface area contributed by atoms with Gasteiger partial charge in [0.15, 0.2) is 17.3 Å². The highest BCUT2D eigenvalue weighted by atomic mass is 19.1. The van der Waals surface area contributed by atoms with Crippen LogP contribution in [-0.2, 0) is 19.3 Å². The summed E-state index contributed by atoms with van der Waals surface area (Å²) in [6.45, 7) is 3.50. The number of hydrogen-bond donors (Lipinski definition) is 0. The molecule has 1 fully saturated rings. The van der Waals surface area contributed by atoms with Crippen LogP contribution in [0.3, 0.4) is 0 Å². The van der Waals surface area contributed by atoms with Gasteiger partial charge >= 0.3 is 0 Å². The molecule has 0 radical (unpaired) electrons. The molecule has 0 bridgehead atoms. The quantitative estimate of drug-likeness (QED) is 0.578. The van der Waals surface area contributed by atoms with E-state index in [0.29, 0.717) is 17.1 Å². The van der Waals surface area contributed by atoms with Gasteiger partial charge < -0.3 is 14.0 Å². The zero-order valence-electron chi connectivity index (χ0n) is 16.5. The van der Waals surface area contributed by atoms with Crippen molar-refractivity contribution in [3.05, 3.63) is 59.4 Å². The minimum Gasteiger partial charge on any atom is -0.337 e. The average molecular weight is 414 g/mol. The number of aliphatic imine (C=N–C) groups is 1. The van der Waals surface area contributed by atoms with Crippen LogP contribution in [0.15, 0.2) is 40.1 Å². The predicted octanol–water partition coefficient (Wildman–Crippen LogP) is 3.29. The Hall–Kier alpha value is -3.43. The maximum absolute atomic E-state index is 15.0. The van der Waals surface area contributed by atoms with Crippen LogP contribution in [0.2, 0.25) is 0 Å². The molecule has 0 atom stereocenters. The van der Waals surface area contributed by atoms with Crippen LogP contribution in [0.5, 0.6) is 0 Å². The highest BCUT2D eigenvalue weighted by Crippen LogP contribution is 2.53. The van der Waals surface area contributed by atoms with Crippen LogP contribution in [-0.4, -0.2) is 44.3 Å². The maximum Gasteiger partial charge on any atom is 0.274 e. The van der Waals surface area contributed by atoms with E-state index >= 15 is 4.39 Å². The first-order valence-corrected chi connectivity index (χ1v) is 9.31. The molecule has 4 rings (SSSR count). The smallest absolute Gasteiger partial charge is 0.274 e. The number of aromatic nitrogens is 4. The molecular formula is C20H20F2N6O2. The standard InChI is InChI=1S/C20H20F2N6O2/c1-23-18-16(28(3)11-24-18)19(29)27(2)10-15-25-17(26-30-15)12-8-20(22,9-12)13-4-6-14(21)7-5-13/h4-7,11-12H,1,8-10H2,2-3H3. The Labute approximate surface area is 171 Å². The van der Waals surface area contributed by atoms with Crippen molar-refractivity contribution >= 4 is 18.4 Å². The van der Waals surface area contributed by atoms with Crippen LogP contribution in [0.4, 0.5) is 14.6 Å². The molecule has 1 aromatic carbocycles. The van der Waals surface area contributed by atoms with Gasteiger partial charge in [0, 0.05) is 20.0 Å². The number of halogens is 2. The fraction of sp³-hybridized carbons (Fsp3) is 0.350. The first-order valence-electron chi connectivity index (χ1n) is 9.31. The van der Waals surface area contributed by atoms with Gasteiger partial charge in [0.1, 0.15) is 18.0 Å². The molecule has 1 aliphatic rings. The average Bonchev–Trinajstić information content (AvgIpc) is 3.31. The van der Waals surface area contributed by atoms with Crippen LogP contribution in [0.25, 0.3) is 0 Å². The van der Waals surface area contributed by atoms with Crippen molar-refractivity contribution in [2.24, 2.45) is 12.0 Å². The molecular weight excluding hydrogens is 394 g/mol. The van der Waals surface area contributed by atoms with Gasteiger partial charge in [-0.3, -0.25) is 4.79 Å². The van der Waals surface area contributed by atoms with Gasteiger partial charge in [0.05, 0.1) is 6.33 Å². The molecule has 156 valence electrons. The molecule has 3 aromatic rings. The lowest BCUT2D eigenvalue weighted by molar-refractivity contribution is 0.0335. The number of hydrogen-bond acceptors (Lipinski definition) is 6. The van der Waals surface area contributed by atoms with Gasteiger partial charge in [-0.25, -0.2) is 18.8 Å². The van der Waals surface area contributed by atoms with E-state index in [4.69, 9.17) is 4.52 Å². The molecule has 8 nitrogen and oxygen atoms in total. The fourth-order valence-corrected chi connectivity index (χ4v) is 3.62. The van der Waals surface area contributed by atoms with Gasteiger partial charge in [-0.1, -0.05) is 17.3 Å². The third kappa shape index (κ3) is 3.49. The number of rotatable bonds is 6. The Morgan fingerprint density at radius 3 is 2.77 bits per heavy atom. The first-order chi connectivity index (χ1) is 14.3. The van der Waals surface area contributed by atoms with E-state index in [1.165, 1.54) is 35.5 Å². The summed E-state index contributed by atoms with van der Waals surface area (Å²) in [4.78, 5) is 26.2. The first kappa shape index (κ1) is 19.9. The molecule has 1 amide bonds. The van der Waals surface area contributed by atoms with Gasteiger partial charge in [0.25, 0.3) is 5.91 Å². The second-order valence-electron chi connectivity index (χ2n) is 7.47. The normalized spacial score (nSPS) is 20.6. The highest BCUT2D eigenvalue weighted by Gasteiger charge is 2.48. The molecule has 10 heteroatoms. The van der Waals surface area contributed by atoms with Gasteiger partial charge in [-0.2, -0.15) is 4.98 Å². The second-order valence-corrected chi connectivity index (χ2v) is 7.47. The third-order valence-electron chi connectivity index (χ3n) is 5.34. The summed E-state index contributed by atoms with van der Waals surface area (Å²) in [5.41, 5.74) is -0.788. The van der Waals surface area contributed by atoms with E-state index in [-0.39, 0.29) is 42.9 Å². The van der Waals surface area contributed by atoms with Gasteiger partial charge in [-0.15, -0.1) is 0 Å². The summed E-state index contributed by atoms with van der Waals surface area (Å²) in [6, 6.07) is 5.41. The lowest BCUT2D eigenvalue weighted by Gasteiger charge is -2.40. The summed E-state index contributed by atoms with van der Waals surface area (Å²) >= 11 is 0.